The first kappa shape index (κ1) is 16.0. The smallest absolute Gasteiger partial charge is 0.255 e. The highest BCUT2D eigenvalue weighted by Gasteiger charge is 2.25. The van der Waals surface area contributed by atoms with Gasteiger partial charge in [-0.05, 0) is 12.1 Å². The Bertz CT molecular complexity index is 629. The maximum Gasteiger partial charge on any atom is 0.255 e. The lowest BCUT2D eigenvalue weighted by molar-refractivity contribution is 0.0770. The zero-order chi connectivity index (χ0) is 15.5. The first-order chi connectivity index (χ1) is 9.87. The largest absolute Gasteiger partial charge is 0.365 e. The molecule has 0 aromatic carbocycles. The molecule has 2 rings (SSSR count). The number of rotatable bonds is 4. The van der Waals surface area contributed by atoms with Gasteiger partial charge in [-0.25, -0.2) is 13.4 Å². The Morgan fingerprint density at radius 1 is 1.38 bits per heavy atom. The molecule has 0 bridgehead atoms. The van der Waals surface area contributed by atoms with Crippen LogP contribution < -0.4 is 5.32 Å². The van der Waals surface area contributed by atoms with Crippen molar-refractivity contribution in [3.8, 4) is 0 Å². The van der Waals surface area contributed by atoms with Crippen LogP contribution in [0.1, 0.15) is 10.4 Å². The Morgan fingerprint density at radius 3 is 2.57 bits per heavy atom. The minimum Gasteiger partial charge on any atom is -0.365 e. The highest BCUT2D eigenvalue weighted by Crippen LogP contribution is 2.12. The maximum absolute atomic E-state index is 12.2. The molecule has 0 radical (unpaired) electrons. The van der Waals surface area contributed by atoms with E-state index in [1.165, 1.54) is 6.20 Å². The monoisotopic (exact) mass is 373 g/mol. The van der Waals surface area contributed by atoms with E-state index in [1.807, 2.05) is 0 Å². The molecule has 1 amide bonds. The number of nitrogens with one attached hydrogen (secondary N) is 1. The zero-order valence-corrected chi connectivity index (χ0v) is 13.8. The van der Waals surface area contributed by atoms with Crippen molar-refractivity contribution in [2.75, 3.05) is 36.5 Å². The van der Waals surface area contributed by atoms with E-state index in [4.69, 9.17) is 0 Å². The predicted octanol–water partition coefficient (Wildman–Crippen LogP) is 1.27. The number of halogens is 1. The molecule has 1 aromatic heterocycles. The van der Waals surface area contributed by atoms with Crippen molar-refractivity contribution < 1.29 is 13.2 Å². The van der Waals surface area contributed by atoms with Gasteiger partial charge in [0.1, 0.15) is 5.82 Å². The summed E-state index contributed by atoms with van der Waals surface area (Å²) >= 11 is 3.24. The first-order valence-electron chi connectivity index (χ1n) is 6.40. The van der Waals surface area contributed by atoms with E-state index in [0.717, 1.165) is 4.48 Å². The van der Waals surface area contributed by atoms with E-state index in [9.17, 15) is 13.2 Å². The van der Waals surface area contributed by atoms with Crippen LogP contribution in [0.15, 0.2) is 29.4 Å². The fraction of sp³-hybridized carbons (Fsp3) is 0.385. The number of amides is 1. The van der Waals surface area contributed by atoms with Crippen molar-refractivity contribution in [1.82, 2.24) is 9.88 Å². The normalized spacial score (nSPS) is 17.3. The molecule has 6 nitrogen and oxygen atoms in total. The molecule has 0 saturated carbocycles. The maximum atomic E-state index is 12.2. The topological polar surface area (TPSA) is 79.4 Å². The highest BCUT2D eigenvalue weighted by molar-refractivity contribution is 9.11. The average Bonchev–Trinajstić information content (AvgIpc) is 2.45. The van der Waals surface area contributed by atoms with E-state index in [1.54, 1.807) is 17.0 Å². The summed E-state index contributed by atoms with van der Waals surface area (Å²) in [5.74, 6) is 0.514. The van der Waals surface area contributed by atoms with Gasteiger partial charge in [0.15, 0.2) is 9.84 Å². The first-order valence-corrected chi connectivity index (χ1v) is 9.02. The molecule has 114 valence electrons. The minimum atomic E-state index is -2.99. The molecular weight excluding hydrogens is 358 g/mol. The number of sulfone groups is 1. The number of carbonyl (C=O) groups is 1. The summed E-state index contributed by atoms with van der Waals surface area (Å²) in [7, 11) is -2.99. The molecule has 21 heavy (non-hydrogen) atoms. The van der Waals surface area contributed by atoms with Crippen LogP contribution in [0.3, 0.4) is 0 Å². The second kappa shape index (κ2) is 6.57. The van der Waals surface area contributed by atoms with Gasteiger partial charge in [-0.15, -0.1) is 0 Å². The Labute approximate surface area is 132 Å². The Kier molecular flexibility index (Phi) is 5.00. The van der Waals surface area contributed by atoms with Crippen molar-refractivity contribution in [2.45, 2.75) is 0 Å². The van der Waals surface area contributed by atoms with Crippen LogP contribution in [0.4, 0.5) is 5.82 Å². The summed E-state index contributed by atoms with van der Waals surface area (Å²) in [6.07, 6.45) is 1.49. The molecule has 1 aliphatic heterocycles. The molecular formula is C13H16BrN3O3S. The van der Waals surface area contributed by atoms with Gasteiger partial charge in [0.25, 0.3) is 5.91 Å². The van der Waals surface area contributed by atoms with Crippen molar-refractivity contribution in [3.05, 3.63) is 35.0 Å². The van der Waals surface area contributed by atoms with Gasteiger partial charge in [-0.1, -0.05) is 22.5 Å². The summed E-state index contributed by atoms with van der Waals surface area (Å²) in [5.41, 5.74) is 0.456. The Balaban J connectivity index is 1.98. The molecule has 8 heteroatoms. The molecule has 0 atom stereocenters. The van der Waals surface area contributed by atoms with Crippen LogP contribution in [0.2, 0.25) is 0 Å². The third-order valence-corrected chi connectivity index (χ3v) is 4.99. The lowest BCUT2D eigenvalue weighted by Gasteiger charge is -2.26. The van der Waals surface area contributed by atoms with E-state index in [2.05, 4.69) is 32.8 Å². The number of pyridine rings is 1. The molecule has 1 aliphatic rings. The van der Waals surface area contributed by atoms with Crippen LogP contribution in [-0.4, -0.2) is 55.3 Å². The van der Waals surface area contributed by atoms with E-state index < -0.39 is 9.84 Å². The van der Waals surface area contributed by atoms with Crippen LogP contribution >= 0.6 is 15.9 Å². The van der Waals surface area contributed by atoms with E-state index in [0.29, 0.717) is 17.9 Å². The molecule has 1 aromatic rings. The van der Waals surface area contributed by atoms with E-state index >= 15 is 0 Å². The van der Waals surface area contributed by atoms with Crippen molar-refractivity contribution in [3.63, 3.8) is 0 Å². The standard InChI is InChI=1S/C13H16BrN3O3S/c1-10(14)8-15-12-3-2-11(9-16-12)13(18)17-4-6-21(19,20)7-5-17/h2-3,9H,1,4-8H2,(H,15,16). The predicted molar refractivity (Wildman–Crippen MR) is 85.4 cm³/mol. The van der Waals surface area contributed by atoms with Gasteiger partial charge < -0.3 is 10.2 Å². The summed E-state index contributed by atoms with van der Waals surface area (Å²) in [5, 5.41) is 3.04. The molecule has 0 unspecified atom stereocenters. The second-order valence-electron chi connectivity index (χ2n) is 4.75. The summed E-state index contributed by atoms with van der Waals surface area (Å²) in [4.78, 5) is 17.9. The fourth-order valence-electron chi connectivity index (χ4n) is 1.91. The van der Waals surface area contributed by atoms with Gasteiger partial charge in [0.05, 0.1) is 17.1 Å². The molecule has 2 heterocycles. The van der Waals surface area contributed by atoms with Crippen LogP contribution in [0.25, 0.3) is 0 Å². The number of hydrogen-bond acceptors (Lipinski definition) is 5. The SMILES string of the molecule is C=C(Br)CNc1ccc(C(=O)N2CCS(=O)(=O)CC2)cn1. The fourth-order valence-corrected chi connectivity index (χ4v) is 3.25. The molecule has 0 aliphatic carbocycles. The summed E-state index contributed by atoms with van der Waals surface area (Å²) in [6, 6.07) is 3.39. The summed E-state index contributed by atoms with van der Waals surface area (Å²) in [6.45, 7) is 4.73. The van der Waals surface area contributed by atoms with Gasteiger partial charge in [0.2, 0.25) is 0 Å². The third kappa shape index (κ3) is 4.53. The number of carbonyl (C=O) groups excluding carboxylic acids is 1. The number of hydrogen-bond donors (Lipinski definition) is 1. The highest BCUT2D eigenvalue weighted by atomic mass is 79.9. The zero-order valence-electron chi connectivity index (χ0n) is 11.4. The number of aromatic nitrogens is 1. The third-order valence-electron chi connectivity index (χ3n) is 3.10. The molecule has 1 fully saturated rings. The average molecular weight is 374 g/mol. The molecule has 0 spiro atoms. The lowest BCUT2D eigenvalue weighted by Crippen LogP contribution is -2.43. The number of anilines is 1. The molecule has 1 saturated heterocycles. The minimum absolute atomic E-state index is 0.0270. The lowest BCUT2D eigenvalue weighted by atomic mass is 10.2. The van der Waals surface area contributed by atoms with Crippen molar-refractivity contribution in [2.24, 2.45) is 0 Å². The van der Waals surface area contributed by atoms with Gasteiger partial charge >= 0.3 is 0 Å². The Hall–Kier alpha value is -1.41. The molecule has 1 N–H and O–H groups in total. The Morgan fingerprint density at radius 2 is 2.05 bits per heavy atom. The number of nitrogens with zero attached hydrogens (tertiary/aromatic N) is 2. The van der Waals surface area contributed by atoms with Gasteiger partial charge in [-0.2, -0.15) is 0 Å². The van der Waals surface area contributed by atoms with Gasteiger partial charge in [-0.3, -0.25) is 4.79 Å². The van der Waals surface area contributed by atoms with Crippen LogP contribution in [0.5, 0.6) is 0 Å². The second-order valence-corrected chi connectivity index (χ2v) is 8.17. The van der Waals surface area contributed by atoms with Crippen molar-refractivity contribution in [1.29, 1.82) is 0 Å². The summed E-state index contributed by atoms with van der Waals surface area (Å²) < 4.78 is 23.5. The van der Waals surface area contributed by atoms with Gasteiger partial charge in [0, 0.05) is 30.3 Å². The quantitative estimate of drug-likeness (QED) is 0.859. The van der Waals surface area contributed by atoms with E-state index in [-0.39, 0.29) is 30.5 Å². The van der Waals surface area contributed by atoms with Crippen LogP contribution in [-0.2, 0) is 9.84 Å². The van der Waals surface area contributed by atoms with Crippen molar-refractivity contribution >= 4 is 37.5 Å². The van der Waals surface area contributed by atoms with Crippen LogP contribution in [0, 0.1) is 0 Å².